The zero-order chi connectivity index (χ0) is 14.0. The maximum absolute atomic E-state index is 10.3. The molecule has 0 radical (unpaired) electrons. The first-order valence-corrected chi connectivity index (χ1v) is 6.98. The summed E-state index contributed by atoms with van der Waals surface area (Å²) < 4.78 is 0. The molecule has 0 bridgehead atoms. The van der Waals surface area contributed by atoms with Crippen LogP contribution in [0.15, 0.2) is 36.4 Å². The van der Waals surface area contributed by atoms with Crippen molar-refractivity contribution in [3.63, 3.8) is 0 Å². The molecule has 0 saturated heterocycles. The molecule has 0 heterocycles. The number of rotatable bonds is 4. The molecule has 3 N–H and O–H groups in total. The van der Waals surface area contributed by atoms with E-state index in [4.69, 9.17) is 5.73 Å². The molecule has 19 heavy (non-hydrogen) atoms. The van der Waals surface area contributed by atoms with Gasteiger partial charge in [0, 0.05) is 0 Å². The minimum Gasteiger partial charge on any atom is -0.391 e. The van der Waals surface area contributed by atoms with Crippen molar-refractivity contribution in [3.05, 3.63) is 47.5 Å². The molecule has 2 nitrogen and oxygen atoms in total. The number of nitrogens with two attached hydrogens (primary N) is 1. The van der Waals surface area contributed by atoms with Gasteiger partial charge in [0.1, 0.15) is 0 Å². The second-order valence-electron chi connectivity index (χ2n) is 5.42. The van der Waals surface area contributed by atoms with Gasteiger partial charge < -0.3 is 10.8 Å². The Morgan fingerprint density at radius 2 is 1.74 bits per heavy atom. The van der Waals surface area contributed by atoms with E-state index in [1.807, 2.05) is 25.1 Å². The minimum atomic E-state index is -0.504. The van der Waals surface area contributed by atoms with E-state index >= 15 is 0 Å². The summed E-state index contributed by atoms with van der Waals surface area (Å²) in [4.78, 5) is 0. The van der Waals surface area contributed by atoms with Crippen LogP contribution in [0.2, 0.25) is 0 Å². The molecule has 102 valence electrons. The van der Waals surface area contributed by atoms with E-state index in [2.05, 4.69) is 32.0 Å². The van der Waals surface area contributed by atoms with Gasteiger partial charge in [0.25, 0.3) is 0 Å². The fourth-order valence-electron chi connectivity index (χ4n) is 2.54. The van der Waals surface area contributed by atoms with E-state index in [0.29, 0.717) is 0 Å². The van der Waals surface area contributed by atoms with Gasteiger partial charge in [-0.05, 0) is 34.7 Å². The molecule has 0 saturated carbocycles. The number of aliphatic hydroxyl groups excluding tert-OH is 1. The topological polar surface area (TPSA) is 46.2 Å². The molecular formula is C17H23NO. The fraction of sp³-hybridized carbons (Fsp3) is 0.412. The average Bonchev–Trinajstić information content (AvgIpc) is 2.45. The Morgan fingerprint density at radius 3 is 2.37 bits per heavy atom. The van der Waals surface area contributed by atoms with Gasteiger partial charge in [-0.1, -0.05) is 56.7 Å². The molecule has 2 aromatic rings. The van der Waals surface area contributed by atoms with E-state index in [0.717, 1.165) is 17.4 Å². The van der Waals surface area contributed by atoms with E-state index in [1.165, 1.54) is 10.9 Å². The Labute approximate surface area is 115 Å². The molecule has 0 amide bonds. The van der Waals surface area contributed by atoms with Crippen LogP contribution in [0.25, 0.3) is 10.8 Å². The Bertz CT molecular complexity index is 564. The van der Waals surface area contributed by atoms with Crippen molar-refractivity contribution in [1.82, 2.24) is 0 Å². The Hall–Kier alpha value is -1.38. The zero-order valence-corrected chi connectivity index (χ0v) is 11.9. The Kier molecular flexibility index (Phi) is 4.23. The molecule has 1 unspecified atom stereocenters. The minimum absolute atomic E-state index is 0.204. The lowest BCUT2D eigenvalue weighted by Crippen LogP contribution is -2.31. The predicted molar refractivity (Wildman–Crippen MR) is 81.1 cm³/mol. The van der Waals surface area contributed by atoms with E-state index in [-0.39, 0.29) is 12.0 Å². The normalized spacial score (nSPS) is 16.3. The zero-order valence-electron chi connectivity index (χ0n) is 11.9. The SMILES string of the molecule is CCC(C)[C@@H](O)[C@@H](N)c1ccc(C)c2ccccc12. The van der Waals surface area contributed by atoms with Gasteiger partial charge in [-0.25, -0.2) is 0 Å². The predicted octanol–water partition coefficient (Wildman–Crippen LogP) is 3.56. The van der Waals surface area contributed by atoms with Crippen LogP contribution in [0.1, 0.15) is 37.4 Å². The van der Waals surface area contributed by atoms with Crippen molar-refractivity contribution in [2.24, 2.45) is 11.7 Å². The first-order valence-electron chi connectivity index (χ1n) is 6.98. The summed E-state index contributed by atoms with van der Waals surface area (Å²) in [5, 5.41) is 12.7. The van der Waals surface area contributed by atoms with Crippen LogP contribution < -0.4 is 5.73 Å². The highest BCUT2D eigenvalue weighted by atomic mass is 16.3. The van der Waals surface area contributed by atoms with Gasteiger partial charge in [-0.2, -0.15) is 0 Å². The van der Waals surface area contributed by atoms with Crippen LogP contribution in [0.4, 0.5) is 0 Å². The van der Waals surface area contributed by atoms with Gasteiger partial charge in [0.05, 0.1) is 12.1 Å². The Balaban J connectivity index is 2.48. The third-order valence-corrected chi connectivity index (χ3v) is 4.13. The molecule has 0 aromatic heterocycles. The quantitative estimate of drug-likeness (QED) is 0.879. The lowest BCUT2D eigenvalue weighted by atomic mass is 9.88. The highest BCUT2D eigenvalue weighted by molar-refractivity contribution is 5.88. The second kappa shape index (κ2) is 5.72. The lowest BCUT2D eigenvalue weighted by molar-refractivity contribution is 0.0884. The third kappa shape index (κ3) is 2.65. The summed E-state index contributed by atoms with van der Waals surface area (Å²) in [6.45, 7) is 6.22. The van der Waals surface area contributed by atoms with Crippen molar-refractivity contribution in [3.8, 4) is 0 Å². The smallest absolute Gasteiger partial charge is 0.0758 e. The summed E-state index contributed by atoms with van der Waals surface area (Å²) in [5.74, 6) is 0.204. The summed E-state index contributed by atoms with van der Waals surface area (Å²) in [7, 11) is 0. The monoisotopic (exact) mass is 257 g/mol. The number of fused-ring (bicyclic) bond motifs is 1. The third-order valence-electron chi connectivity index (χ3n) is 4.13. The summed E-state index contributed by atoms with van der Waals surface area (Å²) in [6, 6.07) is 12.1. The highest BCUT2D eigenvalue weighted by Crippen LogP contribution is 2.29. The molecule has 2 rings (SSSR count). The van der Waals surface area contributed by atoms with Crippen LogP contribution in [-0.4, -0.2) is 11.2 Å². The molecular weight excluding hydrogens is 234 g/mol. The Morgan fingerprint density at radius 1 is 1.11 bits per heavy atom. The fourth-order valence-corrected chi connectivity index (χ4v) is 2.54. The molecule has 2 heteroatoms. The van der Waals surface area contributed by atoms with E-state index < -0.39 is 6.10 Å². The summed E-state index contributed by atoms with van der Waals surface area (Å²) in [6.07, 6.45) is 0.426. The molecule has 0 aliphatic rings. The number of hydrogen-bond donors (Lipinski definition) is 2. The van der Waals surface area contributed by atoms with Crippen LogP contribution in [0, 0.1) is 12.8 Å². The summed E-state index contributed by atoms with van der Waals surface area (Å²) in [5.41, 5.74) is 8.56. The van der Waals surface area contributed by atoms with E-state index in [1.54, 1.807) is 0 Å². The van der Waals surface area contributed by atoms with Crippen LogP contribution >= 0.6 is 0 Å². The van der Waals surface area contributed by atoms with Gasteiger partial charge in [0.15, 0.2) is 0 Å². The standard InChI is InChI=1S/C17H23NO/c1-4-11(2)17(19)16(18)15-10-9-12(3)13-7-5-6-8-14(13)15/h5-11,16-17,19H,4,18H2,1-3H3/t11?,16-,17+/m0/s1. The van der Waals surface area contributed by atoms with Gasteiger partial charge in [0.2, 0.25) is 0 Å². The first-order chi connectivity index (χ1) is 9.06. The van der Waals surface area contributed by atoms with Crippen molar-refractivity contribution in [2.45, 2.75) is 39.3 Å². The second-order valence-corrected chi connectivity index (χ2v) is 5.42. The molecule has 0 aliphatic carbocycles. The van der Waals surface area contributed by atoms with Crippen LogP contribution in [-0.2, 0) is 0 Å². The van der Waals surface area contributed by atoms with Crippen LogP contribution in [0.3, 0.4) is 0 Å². The first kappa shape index (κ1) is 14.0. The van der Waals surface area contributed by atoms with Crippen molar-refractivity contribution < 1.29 is 5.11 Å². The van der Waals surface area contributed by atoms with Gasteiger partial charge >= 0.3 is 0 Å². The summed E-state index contributed by atoms with van der Waals surface area (Å²) >= 11 is 0. The maximum Gasteiger partial charge on any atom is 0.0758 e. The van der Waals surface area contributed by atoms with Crippen LogP contribution in [0.5, 0.6) is 0 Å². The molecule has 2 aromatic carbocycles. The van der Waals surface area contributed by atoms with Crippen molar-refractivity contribution in [2.75, 3.05) is 0 Å². The lowest BCUT2D eigenvalue weighted by Gasteiger charge is -2.25. The number of benzene rings is 2. The number of aryl methyl sites for hydroxylation is 1. The highest BCUT2D eigenvalue weighted by Gasteiger charge is 2.23. The van der Waals surface area contributed by atoms with Gasteiger partial charge in [-0.15, -0.1) is 0 Å². The van der Waals surface area contributed by atoms with Crippen molar-refractivity contribution in [1.29, 1.82) is 0 Å². The molecule has 0 spiro atoms. The maximum atomic E-state index is 10.3. The number of aliphatic hydroxyl groups is 1. The molecule has 3 atom stereocenters. The number of hydrogen-bond acceptors (Lipinski definition) is 2. The van der Waals surface area contributed by atoms with Gasteiger partial charge in [-0.3, -0.25) is 0 Å². The largest absolute Gasteiger partial charge is 0.391 e. The molecule has 0 fully saturated rings. The van der Waals surface area contributed by atoms with E-state index in [9.17, 15) is 5.11 Å². The van der Waals surface area contributed by atoms with Crippen molar-refractivity contribution >= 4 is 10.8 Å². The average molecular weight is 257 g/mol. The molecule has 0 aliphatic heterocycles.